The Morgan fingerprint density at radius 2 is 1.79 bits per heavy atom. The van der Waals surface area contributed by atoms with Crippen LogP contribution in [0.1, 0.15) is 17.2 Å². The first-order valence-corrected chi connectivity index (χ1v) is 6.20. The zero-order valence-corrected chi connectivity index (χ0v) is 10.9. The molecule has 0 spiro atoms. The molecular weight excluding hydrogens is 238 g/mol. The Morgan fingerprint density at radius 1 is 1.05 bits per heavy atom. The summed E-state index contributed by atoms with van der Waals surface area (Å²) in [7, 11) is 0. The zero-order chi connectivity index (χ0) is 13.2. The van der Waals surface area contributed by atoms with Gasteiger partial charge in [0.05, 0.1) is 17.6 Å². The van der Waals surface area contributed by atoms with Gasteiger partial charge in [0.15, 0.2) is 0 Å². The summed E-state index contributed by atoms with van der Waals surface area (Å²) in [5.74, 6) is 1.52. The molecule has 19 heavy (non-hydrogen) atoms. The lowest BCUT2D eigenvalue weighted by Gasteiger charge is -2.04. The number of rotatable bonds is 3. The number of imidazole rings is 1. The minimum absolute atomic E-state index is 0.581. The highest BCUT2D eigenvalue weighted by atomic mass is 15.1. The predicted molar refractivity (Wildman–Crippen MR) is 74.9 cm³/mol. The van der Waals surface area contributed by atoms with E-state index < -0.39 is 0 Å². The zero-order valence-electron chi connectivity index (χ0n) is 10.9. The second-order valence-corrected chi connectivity index (χ2v) is 4.53. The molecule has 0 atom stereocenters. The van der Waals surface area contributed by atoms with Crippen molar-refractivity contribution in [2.24, 2.45) is 0 Å². The maximum atomic E-state index is 4.50. The van der Waals surface area contributed by atoms with Gasteiger partial charge in [-0.05, 0) is 32.0 Å². The first-order valence-electron chi connectivity index (χ1n) is 6.20. The molecule has 0 aliphatic rings. The van der Waals surface area contributed by atoms with Crippen LogP contribution < -0.4 is 5.32 Å². The van der Waals surface area contributed by atoms with Crippen LogP contribution in [0.5, 0.6) is 0 Å². The summed E-state index contributed by atoms with van der Waals surface area (Å²) in [5, 5.41) is 3.19. The van der Waals surface area contributed by atoms with Gasteiger partial charge in [-0.2, -0.15) is 0 Å². The number of hydrogen-bond acceptors (Lipinski definition) is 4. The van der Waals surface area contributed by atoms with E-state index in [1.807, 2.05) is 44.2 Å². The lowest BCUT2D eigenvalue weighted by molar-refractivity contribution is 0.956. The smallest absolute Gasteiger partial charge is 0.223 e. The summed E-state index contributed by atoms with van der Waals surface area (Å²) >= 11 is 0. The number of para-hydroxylation sites is 2. The Bertz CT molecular complexity index is 663. The van der Waals surface area contributed by atoms with Gasteiger partial charge in [0, 0.05) is 11.4 Å². The fraction of sp³-hybridized carbons (Fsp3) is 0.214. The first-order chi connectivity index (χ1) is 9.20. The van der Waals surface area contributed by atoms with Crippen molar-refractivity contribution in [2.75, 3.05) is 5.32 Å². The second kappa shape index (κ2) is 4.68. The summed E-state index contributed by atoms with van der Waals surface area (Å²) in [6, 6.07) is 9.92. The van der Waals surface area contributed by atoms with E-state index in [-0.39, 0.29) is 0 Å². The lowest BCUT2D eigenvalue weighted by atomic mass is 10.3. The number of fused-ring (bicyclic) bond motifs is 1. The van der Waals surface area contributed by atoms with Crippen molar-refractivity contribution in [3.05, 3.63) is 47.5 Å². The summed E-state index contributed by atoms with van der Waals surface area (Å²) in [5.41, 5.74) is 3.93. The Labute approximate surface area is 111 Å². The summed E-state index contributed by atoms with van der Waals surface area (Å²) < 4.78 is 0. The average molecular weight is 253 g/mol. The van der Waals surface area contributed by atoms with Crippen LogP contribution in [0, 0.1) is 13.8 Å². The third kappa shape index (κ3) is 2.54. The Morgan fingerprint density at radius 3 is 2.53 bits per heavy atom. The molecule has 2 N–H and O–H groups in total. The standard InChI is InChI=1S/C14H15N5/c1-9-7-10(2)17-14(16-9)15-8-13-18-11-5-3-4-6-12(11)19-13/h3-7H,8H2,1-2H3,(H,18,19)(H,15,16,17). The Hall–Kier alpha value is -2.43. The first kappa shape index (κ1) is 11.6. The minimum Gasteiger partial charge on any atom is -0.347 e. The maximum Gasteiger partial charge on any atom is 0.223 e. The van der Waals surface area contributed by atoms with E-state index in [9.17, 15) is 0 Å². The van der Waals surface area contributed by atoms with E-state index in [4.69, 9.17) is 0 Å². The molecule has 0 aliphatic carbocycles. The molecule has 96 valence electrons. The molecule has 0 amide bonds. The molecule has 0 radical (unpaired) electrons. The molecule has 1 aromatic carbocycles. The van der Waals surface area contributed by atoms with Gasteiger partial charge in [0.1, 0.15) is 5.82 Å². The van der Waals surface area contributed by atoms with E-state index in [1.165, 1.54) is 0 Å². The van der Waals surface area contributed by atoms with Crippen molar-refractivity contribution in [3.63, 3.8) is 0 Å². The second-order valence-electron chi connectivity index (χ2n) is 4.53. The number of anilines is 1. The van der Waals surface area contributed by atoms with Crippen LogP contribution >= 0.6 is 0 Å². The van der Waals surface area contributed by atoms with E-state index in [0.717, 1.165) is 28.2 Å². The SMILES string of the molecule is Cc1cc(C)nc(NCc2nc3ccccc3[nH]2)n1. The van der Waals surface area contributed by atoms with E-state index >= 15 is 0 Å². The highest BCUT2D eigenvalue weighted by molar-refractivity contribution is 5.74. The molecule has 0 saturated heterocycles. The number of aryl methyl sites for hydroxylation is 2. The summed E-state index contributed by atoms with van der Waals surface area (Å²) in [4.78, 5) is 16.4. The van der Waals surface area contributed by atoms with Crippen molar-refractivity contribution >= 4 is 17.0 Å². The van der Waals surface area contributed by atoms with Gasteiger partial charge in [-0.1, -0.05) is 12.1 Å². The van der Waals surface area contributed by atoms with Gasteiger partial charge >= 0.3 is 0 Å². The molecule has 0 saturated carbocycles. The topological polar surface area (TPSA) is 66.5 Å². The Kier molecular flexibility index (Phi) is 2.87. The molecule has 0 fully saturated rings. The molecule has 5 nitrogen and oxygen atoms in total. The van der Waals surface area contributed by atoms with E-state index in [0.29, 0.717) is 12.5 Å². The van der Waals surface area contributed by atoms with E-state index in [2.05, 4.69) is 25.3 Å². The van der Waals surface area contributed by atoms with Gasteiger partial charge < -0.3 is 10.3 Å². The molecule has 0 unspecified atom stereocenters. The molecule has 0 aliphatic heterocycles. The van der Waals surface area contributed by atoms with Crippen molar-refractivity contribution in [2.45, 2.75) is 20.4 Å². The highest BCUT2D eigenvalue weighted by Gasteiger charge is 2.03. The quantitative estimate of drug-likeness (QED) is 0.753. The maximum absolute atomic E-state index is 4.50. The van der Waals surface area contributed by atoms with Crippen LogP contribution in [-0.2, 0) is 6.54 Å². The fourth-order valence-electron chi connectivity index (χ4n) is 2.06. The van der Waals surface area contributed by atoms with Gasteiger partial charge in [0.2, 0.25) is 5.95 Å². The number of nitrogens with one attached hydrogen (secondary N) is 2. The predicted octanol–water partition coefficient (Wildman–Crippen LogP) is 2.58. The van der Waals surface area contributed by atoms with Crippen LogP contribution in [0.4, 0.5) is 5.95 Å². The molecule has 0 bridgehead atoms. The minimum atomic E-state index is 0.581. The number of aromatic nitrogens is 4. The third-order valence-corrected chi connectivity index (χ3v) is 2.83. The molecule has 2 heterocycles. The number of H-pyrrole nitrogens is 1. The van der Waals surface area contributed by atoms with Gasteiger partial charge in [-0.3, -0.25) is 0 Å². The molecule has 3 rings (SSSR count). The third-order valence-electron chi connectivity index (χ3n) is 2.83. The molecule has 2 aromatic heterocycles. The normalized spacial score (nSPS) is 10.8. The number of benzene rings is 1. The molecule has 5 heteroatoms. The Balaban J connectivity index is 1.78. The highest BCUT2D eigenvalue weighted by Crippen LogP contribution is 2.11. The molecule has 3 aromatic rings. The van der Waals surface area contributed by atoms with Crippen molar-refractivity contribution < 1.29 is 0 Å². The number of hydrogen-bond donors (Lipinski definition) is 2. The average Bonchev–Trinajstić information content (AvgIpc) is 2.78. The number of aromatic amines is 1. The van der Waals surface area contributed by atoms with Gasteiger partial charge in [0.25, 0.3) is 0 Å². The monoisotopic (exact) mass is 253 g/mol. The fourth-order valence-corrected chi connectivity index (χ4v) is 2.06. The summed E-state index contributed by atoms with van der Waals surface area (Å²) in [6.45, 7) is 4.50. The van der Waals surface area contributed by atoms with Gasteiger partial charge in [-0.15, -0.1) is 0 Å². The summed E-state index contributed by atoms with van der Waals surface area (Å²) in [6.07, 6.45) is 0. The van der Waals surface area contributed by atoms with Crippen LogP contribution in [0.2, 0.25) is 0 Å². The van der Waals surface area contributed by atoms with Crippen molar-refractivity contribution in [1.29, 1.82) is 0 Å². The van der Waals surface area contributed by atoms with Gasteiger partial charge in [-0.25, -0.2) is 15.0 Å². The van der Waals surface area contributed by atoms with E-state index in [1.54, 1.807) is 0 Å². The molecular formula is C14H15N5. The van der Waals surface area contributed by atoms with Crippen molar-refractivity contribution in [1.82, 2.24) is 19.9 Å². The largest absolute Gasteiger partial charge is 0.347 e. The van der Waals surface area contributed by atoms with Crippen molar-refractivity contribution in [3.8, 4) is 0 Å². The lowest BCUT2D eigenvalue weighted by Crippen LogP contribution is -2.06. The van der Waals surface area contributed by atoms with Crippen LogP contribution in [0.25, 0.3) is 11.0 Å². The van der Waals surface area contributed by atoms with Crippen LogP contribution in [0.15, 0.2) is 30.3 Å². The van der Waals surface area contributed by atoms with Crippen LogP contribution in [0.3, 0.4) is 0 Å². The number of nitrogens with zero attached hydrogens (tertiary/aromatic N) is 3. The van der Waals surface area contributed by atoms with Crippen LogP contribution in [-0.4, -0.2) is 19.9 Å².